The van der Waals surface area contributed by atoms with Crippen molar-refractivity contribution in [2.24, 2.45) is 29.6 Å². The van der Waals surface area contributed by atoms with Gasteiger partial charge in [-0.2, -0.15) is 0 Å². The maximum absolute atomic E-state index is 12.9. The van der Waals surface area contributed by atoms with Crippen molar-refractivity contribution in [2.75, 3.05) is 19.6 Å². The van der Waals surface area contributed by atoms with Crippen LogP contribution in [0.25, 0.3) is 0 Å². The Morgan fingerprint density at radius 2 is 0.738 bits per heavy atom. The van der Waals surface area contributed by atoms with Gasteiger partial charge in [-0.3, -0.25) is 9.59 Å². The molecule has 2 saturated carbocycles. The molecule has 3 nitrogen and oxygen atoms in total. The molecule has 0 heterocycles. The molecule has 0 atom stereocenters. The number of nitrogens with zero attached hydrogens (tertiary/aromatic N) is 1. The molecule has 0 N–H and O–H groups in total. The van der Waals surface area contributed by atoms with Crippen molar-refractivity contribution in [2.45, 2.75) is 337 Å². The van der Waals surface area contributed by atoms with Gasteiger partial charge >= 0.3 is 0 Å². The molecule has 0 amide bonds. The average Bonchev–Trinajstić information content (AvgIpc) is 3.27. The van der Waals surface area contributed by atoms with E-state index < -0.39 is 0 Å². The lowest BCUT2D eigenvalue weighted by atomic mass is 9.64. The second kappa shape index (κ2) is 47.0. The normalized spacial score (nSPS) is 16.3. The standard InChI is InChI=1S/C40H79NO.C22H42O/c1-5-9-12-15-19-24-29-37(30-25-20-16-13-10-6-2)38-35-39(36-38)40(42)31-26-21-18-23-28-34-41(32-8-4)33-27-22-17-14-11-7-3;1-3-5-7-9-11-13-16-20(22(23)21-18-15-19-21)17-14-12-10-8-6-4-2/h37-39H,5-36H2,1-4H3;20-21H,3-19H2,1-2H3. The van der Waals surface area contributed by atoms with Gasteiger partial charge in [-0.05, 0) is 95.7 Å². The Balaban J connectivity index is 0.000000771. The zero-order valence-electron chi connectivity index (χ0n) is 45.8. The quantitative estimate of drug-likeness (QED) is 0.0571. The SMILES string of the molecule is CCCCCCCCC(CCCCCCCC)C(=O)C1CCC1.CCCCCCCCC(CCCCCCCC)C1CC(C(=O)CCCCCCCN(CCC)CCCCCCCC)C1. The van der Waals surface area contributed by atoms with Crippen LogP contribution in [0.15, 0.2) is 0 Å². The second-order valence-corrected chi connectivity index (χ2v) is 22.2. The predicted molar refractivity (Wildman–Crippen MR) is 290 cm³/mol. The minimum Gasteiger partial charge on any atom is -0.303 e. The minimum atomic E-state index is 0.401. The number of Topliss-reactive ketones (excluding diaryl/α,β-unsaturated/α-hetero) is 2. The fourth-order valence-electron chi connectivity index (χ4n) is 11.2. The van der Waals surface area contributed by atoms with Crippen LogP contribution in [0, 0.1) is 29.6 Å². The molecule has 0 saturated heterocycles. The van der Waals surface area contributed by atoms with E-state index in [9.17, 15) is 9.59 Å². The third-order valence-corrected chi connectivity index (χ3v) is 16.1. The molecule has 3 heteroatoms. The Morgan fingerprint density at radius 3 is 1.11 bits per heavy atom. The van der Waals surface area contributed by atoms with E-state index in [4.69, 9.17) is 0 Å². The first-order valence-electron chi connectivity index (χ1n) is 30.7. The molecule has 0 spiro atoms. The van der Waals surface area contributed by atoms with E-state index in [1.54, 1.807) is 0 Å². The van der Waals surface area contributed by atoms with Gasteiger partial charge in [-0.15, -0.1) is 0 Å². The molecule has 0 unspecified atom stereocenters. The lowest BCUT2D eigenvalue weighted by Crippen LogP contribution is -2.35. The lowest BCUT2D eigenvalue weighted by Gasteiger charge is -2.40. The number of unbranched alkanes of at least 4 members (excludes halogenated alkanes) is 29. The van der Waals surface area contributed by atoms with Crippen LogP contribution < -0.4 is 0 Å². The van der Waals surface area contributed by atoms with Crippen molar-refractivity contribution in [3.63, 3.8) is 0 Å². The van der Waals surface area contributed by atoms with Crippen molar-refractivity contribution in [1.29, 1.82) is 0 Å². The van der Waals surface area contributed by atoms with Gasteiger partial charge < -0.3 is 4.90 Å². The van der Waals surface area contributed by atoms with Crippen molar-refractivity contribution < 1.29 is 9.59 Å². The largest absolute Gasteiger partial charge is 0.303 e. The van der Waals surface area contributed by atoms with Crippen LogP contribution in [0.3, 0.4) is 0 Å². The van der Waals surface area contributed by atoms with Gasteiger partial charge in [0.05, 0.1) is 0 Å². The van der Waals surface area contributed by atoms with E-state index in [0.29, 0.717) is 29.3 Å². The summed E-state index contributed by atoms with van der Waals surface area (Å²) in [6.45, 7) is 17.6. The zero-order valence-corrected chi connectivity index (χ0v) is 45.8. The summed E-state index contributed by atoms with van der Waals surface area (Å²) in [6.07, 6.45) is 61.3. The molecule has 2 aliphatic carbocycles. The van der Waals surface area contributed by atoms with Crippen LogP contribution in [-0.4, -0.2) is 36.1 Å². The van der Waals surface area contributed by atoms with Crippen molar-refractivity contribution in [1.82, 2.24) is 4.90 Å². The van der Waals surface area contributed by atoms with Gasteiger partial charge in [0.15, 0.2) is 0 Å². The van der Waals surface area contributed by atoms with Crippen molar-refractivity contribution in [3.8, 4) is 0 Å². The maximum Gasteiger partial charge on any atom is 0.139 e. The van der Waals surface area contributed by atoms with Crippen LogP contribution in [0.1, 0.15) is 337 Å². The number of rotatable bonds is 49. The van der Waals surface area contributed by atoms with E-state index in [1.807, 2.05) is 0 Å². The van der Waals surface area contributed by atoms with E-state index in [2.05, 4.69) is 46.4 Å². The Morgan fingerprint density at radius 1 is 0.385 bits per heavy atom. The summed E-state index contributed by atoms with van der Waals surface area (Å²) in [5, 5.41) is 0. The molecule has 65 heavy (non-hydrogen) atoms. The Labute approximate surface area is 410 Å². The van der Waals surface area contributed by atoms with Crippen LogP contribution in [0.5, 0.6) is 0 Å². The van der Waals surface area contributed by atoms with Gasteiger partial charge in [0.1, 0.15) is 11.6 Å². The molecule has 0 aromatic rings. The highest BCUT2D eigenvalue weighted by atomic mass is 16.1. The first-order valence-corrected chi connectivity index (χ1v) is 30.7. The molecule has 0 aromatic heterocycles. The van der Waals surface area contributed by atoms with Gasteiger partial charge in [0.25, 0.3) is 0 Å². The fraction of sp³-hybridized carbons (Fsp3) is 0.968. The lowest BCUT2D eigenvalue weighted by molar-refractivity contribution is -0.130. The molecule has 0 bridgehead atoms. The summed E-state index contributed by atoms with van der Waals surface area (Å²) < 4.78 is 0. The Bertz CT molecular complexity index is 966. The van der Waals surface area contributed by atoms with Crippen LogP contribution in [0.2, 0.25) is 0 Å². The van der Waals surface area contributed by atoms with Crippen molar-refractivity contribution in [3.05, 3.63) is 0 Å². The summed E-state index contributed by atoms with van der Waals surface area (Å²) in [5.74, 6) is 4.26. The van der Waals surface area contributed by atoms with Crippen LogP contribution in [0.4, 0.5) is 0 Å². The molecule has 2 fully saturated rings. The third kappa shape index (κ3) is 35.1. The van der Waals surface area contributed by atoms with E-state index in [1.165, 1.54) is 302 Å². The number of hydrogen-bond donors (Lipinski definition) is 0. The molecule has 0 aliphatic heterocycles. The van der Waals surface area contributed by atoms with E-state index in [-0.39, 0.29) is 0 Å². The van der Waals surface area contributed by atoms with Crippen molar-refractivity contribution >= 4 is 11.6 Å². The Hall–Kier alpha value is -0.700. The highest BCUT2D eigenvalue weighted by Gasteiger charge is 2.37. The summed E-state index contributed by atoms with van der Waals surface area (Å²) in [5.41, 5.74) is 0. The predicted octanol–water partition coefficient (Wildman–Crippen LogP) is 20.6. The first kappa shape index (κ1) is 62.3. The van der Waals surface area contributed by atoms with Crippen LogP contribution >= 0.6 is 0 Å². The monoisotopic (exact) mass is 912 g/mol. The molecule has 0 aromatic carbocycles. The molecule has 0 radical (unpaired) electrons. The highest BCUT2D eigenvalue weighted by Crippen LogP contribution is 2.44. The molecular formula is C62H121NO2. The number of carbonyl (C=O) groups excluding carboxylic acids is 2. The summed E-state index contributed by atoms with van der Waals surface area (Å²) in [7, 11) is 0. The van der Waals surface area contributed by atoms with E-state index >= 15 is 0 Å². The van der Waals surface area contributed by atoms with Crippen LogP contribution in [-0.2, 0) is 9.59 Å². The molecule has 2 aliphatic rings. The number of ketones is 2. The van der Waals surface area contributed by atoms with Gasteiger partial charge in [0.2, 0.25) is 0 Å². The maximum atomic E-state index is 12.9. The molecular weight excluding hydrogens is 791 g/mol. The summed E-state index contributed by atoms with van der Waals surface area (Å²) in [6, 6.07) is 0. The number of carbonyl (C=O) groups is 2. The average molecular weight is 913 g/mol. The number of hydrogen-bond acceptors (Lipinski definition) is 3. The van der Waals surface area contributed by atoms with Gasteiger partial charge in [-0.1, -0.05) is 266 Å². The summed E-state index contributed by atoms with van der Waals surface area (Å²) in [4.78, 5) is 28.3. The molecule has 2 rings (SSSR count). The van der Waals surface area contributed by atoms with E-state index in [0.717, 1.165) is 24.7 Å². The Kier molecular flexibility index (Phi) is 45.1. The highest BCUT2D eigenvalue weighted by molar-refractivity contribution is 5.84. The topological polar surface area (TPSA) is 37.4 Å². The fourth-order valence-corrected chi connectivity index (χ4v) is 11.2. The third-order valence-electron chi connectivity index (χ3n) is 16.1. The summed E-state index contributed by atoms with van der Waals surface area (Å²) >= 11 is 0. The minimum absolute atomic E-state index is 0.401. The first-order chi connectivity index (χ1) is 31.9. The van der Waals surface area contributed by atoms with Gasteiger partial charge in [-0.25, -0.2) is 0 Å². The zero-order chi connectivity index (χ0) is 47.3. The smallest absolute Gasteiger partial charge is 0.139 e. The second-order valence-electron chi connectivity index (χ2n) is 22.2. The molecule has 386 valence electrons. The van der Waals surface area contributed by atoms with Gasteiger partial charge in [0, 0.05) is 24.2 Å².